The van der Waals surface area contributed by atoms with Crippen LogP contribution in [0.5, 0.6) is 11.5 Å². The molecular formula is C113H97Cl2F3N20O7S5. The van der Waals surface area contributed by atoms with Crippen molar-refractivity contribution >= 4 is 132 Å². The number of thiophene rings is 5. The molecule has 0 aliphatic carbocycles. The largest absolute Gasteiger partial charge is 0.423 e. The quantitative estimate of drug-likeness (QED) is 0.0237. The van der Waals surface area contributed by atoms with Crippen LogP contribution in [0.25, 0.3) is 95.1 Å². The minimum Gasteiger partial charge on any atom is -0.423 e. The highest BCUT2D eigenvalue weighted by atomic mass is 35.5. The summed E-state index contributed by atoms with van der Waals surface area (Å²) in [5, 5.41) is 73.3. The SMILES string of the molecule is CC1(F)Oc2ccc(C(O)c3cc(-c4ccncc4)sc3C3=NN=CC3)cc2O1.CCC1CCN(C(c2ccc(Cl)cc2)c2cc(-c3ccnc(CC(C)=O)c3)sc2-c2ncn[nH]2)C1.CCNC(c1ccc(Cl)cc1)c1cc(-c2ccnc(NC(C)=O)c2)sc1-c1ncn[nH]1.Cc1c(F)cccc1C(O)c1cc(-c2ccncc2)sc1C1=NN=CC1.OC(c1cc2ccccc2cc1F)c1cc(-c2ccncc2)sc1-c1ncc[nH]1. The van der Waals surface area contributed by atoms with Gasteiger partial charge in [0.1, 0.15) is 60.0 Å². The number of carbonyl (C=O) groups excluding carboxylic acids is 2. The number of aromatic nitrogens is 13. The molecule has 1 fully saturated rings. The number of aliphatic hydroxyl groups excluding tert-OH is 3. The maximum absolute atomic E-state index is 14.9. The van der Waals surface area contributed by atoms with Crippen molar-refractivity contribution in [3.05, 3.63) is 385 Å². The number of pyridine rings is 5. The number of ketones is 1. The number of H-pyrrole nitrogens is 3. The van der Waals surface area contributed by atoms with Crippen LogP contribution in [0.3, 0.4) is 0 Å². The van der Waals surface area contributed by atoms with Crippen molar-refractivity contribution in [1.29, 1.82) is 0 Å². The van der Waals surface area contributed by atoms with E-state index < -0.39 is 30.2 Å². The smallest absolute Gasteiger partial charge is 0.404 e. The van der Waals surface area contributed by atoms with Gasteiger partial charge in [0.15, 0.2) is 23.1 Å². The van der Waals surface area contributed by atoms with Gasteiger partial charge in [0.05, 0.1) is 47.9 Å². The first-order valence-corrected chi connectivity index (χ1v) is 52.9. The summed E-state index contributed by atoms with van der Waals surface area (Å²) in [6.07, 6.45) is 24.7. The van der Waals surface area contributed by atoms with Gasteiger partial charge >= 0.3 is 6.04 Å². The number of anilines is 1. The van der Waals surface area contributed by atoms with Gasteiger partial charge in [-0.25, -0.2) is 28.7 Å². The molecule has 13 aromatic heterocycles. The zero-order valence-corrected chi connectivity index (χ0v) is 87.1. The Balaban J connectivity index is 0.000000118. The third-order valence-electron chi connectivity index (χ3n) is 25.3. The average molecular weight is 2140 g/mol. The summed E-state index contributed by atoms with van der Waals surface area (Å²) in [6.45, 7) is 13.2. The van der Waals surface area contributed by atoms with E-state index in [-0.39, 0.29) is 40.9 Å². The number of Topliss-reactive ketones (excluding diaryl/α,β-unsaturated/α-hetero) is 1. The summed E-state index contributed by atoms with van der Waals surface area (Å²) in [5.41, 5.74) is 15.9. The van der Waals surface area contributed by atoms with Crippen molar-refractivity contribution in [2.24, 2.45) is 26.3 Å². The van der Waals surface area contributed by atoms with E-state index in [0.717, 1.165) is 152 Å². The number of aromatic amines is 3. The van der Waals surface area contributed by atoms with Gasteiger partial charge in [-0.05, 0) is 262 Å². The van der Waals surface area contributed by atoms with Crippen molar-refractivity contribution < 1.29 is 47.6 Å². The zero-order valence-electron chi connectivity index (χ0n) is 81.5. The number of nitrogens with one attached hydrogen (secondary N) is 5. The number of fused-ring (bicyclic) bond motifs is 2. The molecule has 150 heavy (non-hydrogen) atoms. The van der Waals surface area contributed by atoms with Crippen molar-refractivity contribution in [2.75, 3.05) is 25.0 Å². The summed E-state index contributed by atoms with van der Waals surface area (Å²) in [4.78, 5) is 72.5. The number of aliphatic hydroxyl groups is 3. The molecule has 8 N–H and O–H groups in total. The van der Waals surface area contributed by atoms with Gasteiger partial charge in [-0.15, -0.1) is 56.7 Å². The lowest BCUT2D eigenvalue weighted by molar-refractivity contribution is -0.173. The van der Waals surface area contributed by atoms with Crippen LogP contribution in [0.4, 0.5) is 19.0 Å². The Morgan fingerprint density at radius 3 is 1.55 bits per heavy atom. The number of ether oxygens (including phenoxy) is 2. The molecule has 27 nitrogen and oxygen atoms in total. The molecule has 37 heteroatoms. The van der Waals surface area contributed by atoms with Gasteiger partial charge in [-0.2, -0.15) is 35.0 Å². The molecular weight excluding hydrogens is 2040 g/mol. The first-order valence-electron chi connectivity index (χ1n) is 48.1. The number of rotatable bonds is 27. The number of carbonyl (C=O) groups is 2. The number of benzene rings is 6. The summed E-state index contributed by atoms with van der Waals surface area (Å²) >= 11 is 20.3. The molecule has 0 radical (unpaired) electrons. The highest BCUT2D eigenvalue weighted by Gasteiger charge is 2.39. The third-order valence-corrected chi connectivity index (χ3v) is 32.0. The Labute approximate surface area is 890 Å². The topological polar surface area (TPSA) is 366 Å². The molecule has 1 saturated heterocycles. The molecule has 7 atom stereocenters. The van der Waals surface area contributed by atoms with Crippen LogP contribution in [-0.2, 0) is 16.0 Å². The molecule has 4 aliphatic heterocycles. The number of hydrogen-bond donors (Lipinski definition) is 8. The van der Waals surface area contributed by atoms with Crippen LogP contribution in [0.1, 0.15) is 167 Å². The van der Waals surface area contributed by atoms with Gasteiger partial charge in [0.25, 0.3) is 0 Å². The zero-order chi connectivity index (χ0) is 104. The van der Waals surface area contributed by atoms with E-state index in [1.165, 1.54) is 67.6 Å². The van der Waals surface area contributed by atoms with Crippen LogP contribution < -0.4 is 20.1 Å². The van der Waals surface area contributed by atoms with Crippen LogP contribution >= 0.6 is 79.9 Å². The normalized spacial score (nSPS) is 15.4. The highest BCUT2D eigenvalue weighted by molar-refractivity contribution is 7.20. The Kier molecular flexibility index (Phi) is 32.5. The first-order chi connectivity index (χ1) is 72.9. The van der Waals surface area contributed by atoms with E-state index in [4.69, 9.17) is 32.7 Å². The molecule has 7 unspecified atom stereocenters. The number of halogens is 5. The van der Waals surface area contributed by atoms with E-state index in [1.54, 1.807) is 176 Å². The van der Waals surface area contributed by atoms with Gasteiger partial charge in [0, 0.05) is 176 Å². The molecule has 0 bridgehead atoms. The summed E-state index contributed by atoms with van der Waals surface area (Å²) in [6, 6.07) is 63.8. The number of likely N-dealkylation sites (tertiary alicyclic amines) is 1. The lowest BCUT2D eigenvalue weighted by Gasteiger charge is -2.29. The number of hydrogen-bond acceptors (Lipinski definition) is 28. The second-order valence-electron chi connectivity index (χ2n) is 35.6. The molecule has 4 aliphatic rings. The fourth-order valence-corrected chi connectivity index (χ4v) is 24.1. The molecule has 17 heterocycles. The highest BCUT2D eigenvalue weighted by Crippen LogP contribution is 2.51. The van der Waals surface area contributed by atoms with E-state index in [9.17, 15) is 38.1 Å². The molecule has 19 aromatic rings. The Morgan fingerprint density at radius 2 is 1.01 bits per heavy atom. The Bertz CT molecular complexity index is 8100. The van der Waals surface area contributed by atoms with Crippen LogP contribution in [-0.4, -0.2) is 147 Å². The minimum absolute atomic E-state index is 0.0518. The van der Waals surface area contributed by atoms with Crippen LogP contribution in [0.2, 0.25) is 10.0 Å². The summed E-state index contributed by atoms with van der Waals surface area (Å²) in [7, 11) is 0. The number of imidazole rings is 1. The van der Waals surface area contributed by atoms with Crippen molar-refractivity contribution in [1.82, 2.24) is 75.5 Å². The fourth-order valence-electron chi connectivity index (χ4n) is 18.1. The molecule has 6 aromatic carbocycles. The van der Waals surface area contributed by atoms with E-state index >= 15 is 0 Å². The predicted octanol–water partition coefficient (Wildman–Crippen LogP) is 25.7. The fraction of sp³-hybridized carbons (Fsp3) is 0.186. The molecule has 1 amide bonds. The van der Waals surface area contributed by atoms with E-state index in [2.05, 4.69) is 139 Å². The van der Waals surface area contributed by atoms with Crippen molar-refractivity contribution in [3.63, 3.8) is 0 Å². The van der Waals surface area contributed by atoms with Crippen molar-refractivity contribution in [3.8, 4) is 95.8 Å². The minimum atomic E-state index is -2.20. The molecule has 0 spiro atoms. The van der Waals surface area contributed by atoms with Gasteiger partial charge < -0.3 is 40.4 Å². The molecule has 0 saturated carbocycles. The van der Waals surface area contributed by atoms with Crippen LogP contribution in [0, 0.1) is 24.5 Å². The van der Waals surface area contributed by atoms with Crippen molar-refractivity contribution in [2.45, 2.75) is 110 Å². The Hall–Kier alpha value is -15.1. The average Bonchev–Trinajstić information content (AvgIpc) is 1.52. The number of nitrogens with zero attached hydrogens (tertiary/aromatic N) is 15. The monoisotopic (exact) mass is 2130 g/mol. The number of amides is 1. The van der Waals surface area contributed by atoms with Gasteiger partial charge in [-0.3, -0.25) is 44.6 Å². The maximum Gasteiger partial charge on any atom is 0.404 e. The lowest BCUT2D eigenvalue weighted by Crippen LogP contribution is -2.27. The van der Waals surface area contributed by atoms with Gasteiger partial charge in [-0.1, -0.05) is 110 Å². The predicted molar refractivity (Wildman–Crippen MR) is 589 cm³/mol. The summed E-state index contributed by atoms with van der Waals surface area (Å²) in [5.74, 6) is 3.09. The Morgan fingerprint density at radius 1 is 0.500 bits per heavy atom. The lowest BCUT2D eigenvalue weighted by atomic mass is 9.95. The second-order valence-corrected chi connectivity index (χ2v) is 41.7. The summed E-state index contributed by atoms with van der Waals surface area (Å²) < 4.78 is 53.1. The van der Waals surface area contributed by atoms with Crippen LogP contribution in [0.15, 0.2) is 307 Å². The maximum atomic E-state index is 14.9. The van der Waals surface area contributed by atoms with E-state index in [0.29, 0.717) is 81.2 Å². The first kappa shape index (κ1) is 103. The second kappa shape index (κ2) is 47.2. The molecule has 756 valence electrons. The van der Waals surface area contributed by atoms with Gasteiger partial charge in [0.2, 0.25) is 5.91 Å². The molecule has 23 rings (SSSR count). The third kappa shape index (κ3) is 24.1. The number of alkyl halides is 1. The van der Waals surface area contributed by atoms with E-state index in [1.807, 2.05) is 140 Å². The standard InChI is InChI=1S/C27H28ClN5OS.C23H16FN3OS.C22H21ClN6OS.C21H16FN3O3S.C20H16FN3OS/c1-3-18-9-11-33(15-18)25(19-4-6-21(28)7-5-19)23-14-24(35-26(23)27-30-16-31-32-27)20-8-10-29-22(13-20)12-17(2)34;24-19-12-16-4-2-1-3-15(16)11-17(19)21(28)18-13-20(14-5-7-25-8-6-14)29-22(18)23-26-9-10-27-23;1-3-24-20(14-4-6-16(23)7-5-14)17-11-18(31-21(17)22-26-12-27-29-22)15-8-9-25-19(10-15)28-13(2)30;1-21(22)27-16-3-2-13(10-17(16)28-21)19(26)14-11-18(12-4-7-23-8-5-12)29-20(14)15-6-9-24-25-15;1-12-14(3-2-4-16(12)21)19(25)15-11-18(13-5-8-22-9-6-13)26-20(15)17-7-10-23-24-17/h4-8,10,13-14,16,18,25H,3,9,11-12,15H2,1-2H3,(H,30,31,32);1-13,21,28H,(H,26,27);4-12,20,24H,3H2,1-2H3,(H,25,28,30)(H,26,27,29);2-5,7-11,19,26H,6H2,1H3;2-6,8-11,19,25H,7H2,1H3.